The van der Waals surface area contributed by atoms with E-state index in [-0.39, 0.29) is 0 Å². The fourth-order valence-electron chi connectivity index (χ4n) is 2.51. The van der Waals surface area contributed by atoms with E-state index in [1.165, 1.54) is 10.9 Å². The van der Waals surface area contributed by atoms with E-state index in [1.54, 1.807) is 0 Å². The number of aromatic nitrogens is 1. The molecule has 2 heteroatoms. The number of rotatable bonds is 7. The lowest BCUT2D eigenvalue weighted by Gasteiger charge is -2.18. The van der Waals surface area contributed by atoms with E-state index in [1.807, 2.05) is 6.08 Å². The van der Waals surface area contributed by atoms with E-state index in [0.717, 1.165) is 37.0 Å². The van der Waals surface area contributed by atoms with Crippen LogP contribution in [-0.2, 0) is 0 Å². The predicted molar refractivity (Wildman–Crippen MR) is 86.9 cm³/mol. The van der Waals surface area contributed by atoms with E-state index in [2.05, 4.69) is 56.1 Å². The zero-order chi connectivity index (χ0) is 14.4. The fraction of sp³-hybridized carbons (Fsp3) is 0.389. The molecule has 0 bridgehead atoms. The second kappa shape index (κ2) is 7.20. The van der Waals surface area contributed by atoms with Gasteiger partial charge in [-0.1, -0.05) is 31.2 Å². The maximum absolute atomic E-state index is 4.85. The summed E-state index contributed by atoms with van der Waals surface area (Å²) in [7, 11) is 0. The number of nitrogens with zero attached hydrogens (tertiary/aromatic N) is 1. The van der Waals surface area contributed by atoms with Crippen molar-refractivity contribution in [3.05, 3.63) is 54.2 Å². The molecule has 20 heavy (non-hydrogen) atoms. The lowest BCUT2D eigenvalue weighted by molar-refractivity contribution is 0.493. The van der Waals surface area contributed by atoms with Gasteiger partial charge in [0.25, 0.3) is 0 Å². The SMILES string of the molecule is C=CCCC(NCCC)c1cc(C)c2ccccc2n1. The maximum atomic E-state index is 4.85. The molecule has 0 fully saturated rings. The summed E-state index contributed by atoms with van der Waals surface area (Å²) in [5.41, 5.74) is 3.54. The molecular formula is C18H24N2. The van der Waals surface area contributed by atoms with Crippen molar-refractivity contribution in [2.75, 3.05) is 6.54 Å². The third-order valence-corrected chi connectivity index (χ3v) is 3.60. The van der Waals surface area contributed by atoms with Crippen LogP contribution in [0.15, 0.2) is 43.0 Å². The van der Waals surface area contributed by atoms with Gasteiger partial charge in [0.15, 0.2) is 0 Å². The predicted octanol–water partition coefficient (Wildman–Crippen LogP) is 4.55. The van der Waals surface area contributed by atoms with E-state index >= 15 is 0 Å². The molecular weight excluding hydrogens is 244 g/mol. The molecule has 0 aliphatic carbocycles. The Morgan fingerprint density at radius 2 is 2.15 bits per heavy atom. The summed E-state index contributed by atoms with van der Waals surface area (Å²) in [4.78, 5) is 4.85. The monoisotopic (exact) mass is 268 g/mol. The number of fused-ring (bicyclic) bond motifs is 1. The summed E-state index contributed by atoms with van der Waals surface area (Å²) < 4.78 is 0. The number of allylic oxidation sites excluding steroid dienone is 1. The minimum Gasteiger partial charge on any atom is -0.309 e. The largest absolute Gasteiger partial charge is 0.309 e. The van der Waals surface area contributed by atoms with Crippen LogP contribution in [0, 0.1) is 6.92 Å². The summed E-state index contributed by atoms with van der Waals surface area (Å²) in [5.74, 6) is 0. The second-order valence-electron chi connectivity index (χ2n) is 5.25. The van der Waals surface area contributed by atoms with Crippen molar-refractivity contribution in [1.82, 2.24) is 10.3 Å². The number of hydrogen-bond acceptors (Lipinski definition) is 2. The third kappa shape index (κ3) is 3.45. The molecule has 0 radical (unpaired) electrons. The van der Waals surface area contributed by atoms with Gasteiger partial charge < -0.3 is 5.32 Å². The van der Waals surface area contributed by atoms with Crippen LogP contribution in [0.25, 0.3) is 10.9 Å². The Hall–Kier alpha value is -1.67. The van der Waals surface area contributed by atoms with Crippen LogP contribution < -0.4 is 5.32 Å². The molecule has 1 unspecified atom stereocenters. The lowest BCUT2D eigenvalue weighted by atomic mass is 10.0. The van der Waals surface area contributed by atoms with Crippen LogP contribution in [0.5, 0.6) is 0 Å². The molecule has 0 saturated heterocycles. The molecule has 1 aromatic carbocycles. The Balaban J connectivity index is 2.33. The van der Waals surface area contributed by atoms with Crippen molar-refractivity contribution >= 4 is 10.9 Å². The topological polar surface area (TPSA) is 24.9 Å². The van der Waals surface area contributed by atoms with Gasteiger partial charge in [-0.15, -0.1) is 6.58 Å². The number of nitrogens with one attached hydrogen (secondary N) is 1. The molecule has 2 nitrogen and oxygen atoms in total. The van der Waals surface area contributed by atoms with Crippen LogP contribution in [0.3, 0.4) is 0 Å². The van der Waals surface area contributed by atoms with Crippen LogP contribution in [-0.4, -0.2) is 11.5 Å². The van der Waals surface area contributed by atoms with E-state index in [4.69, 9.17) is 4.98 Å². The van der Waals surface area contributed by atoms with Crippen molar-refractivity contribution < 1.29 is 0 Å². The number of para-hydroxylation sites is 1. The zero-order valence-corrected chi connectivity index (χ0v) is 12.5. The van der Waals surface area contributed by atoms with Gasteiger partial charge in [-0.25, -0.2) is 0 Å². The maximum Gasteiger partial charge on any atom is 0.0708 e. The summed E-state index contributed by atoms with van der Waals surface area (Å²) in [6.07, 6.45) is 5.18. The first-order valence-corrected chi connectivity index (χ1v) is 7.46. The first-order chi connectivity index (χ1) is 9.76. The van der Waals surface area contributed by atoms with Crippen molar-refractivity contribution in [1.29, 1.82) is 0 Å². The molecule has 2 aromatic rings. The van der Waals surface area contributed by atoms with Crippen molar-refractivity contribution in [2.45, 2.75) is 39.2 Å². The van der Waals surface area contributed by atoms with E-state index in [9.17, 15) is 0 Å². The zero-order valence-electron chi connectivity index (χ0n) is 12.5. The van der Waals surface area contributed by atoms with Gasteiger partial charge in [0, 0.05) is 11.4 Å². The van der Waals surface area contributed by atoms with Gasteiger partial charge in [0.1, 0.15) is 0 Å². The highest BCUT2D eigenvalue weighted by molar-refractivity contribution is 5.82. The van der Waals surface area contributed by atoms with Crippen LogP contribution >= 0.6 is 0 Å². The third-order valence-electron chi connectivity index (χ3n) is 3.60. The minimum atomic E-state index is 0.316. The molecule has 0 saturated carbocycles. The molecule has 1 atom stereocenters. The van der Waals surface area contributed by atoms with Crippen LogP contribution in [0.4, 0.5) is 0 Å². The van der Waals surface area contributed by atoms with E-state index < -0.39 is 0 Å². The van der Waals surface area contributed by atoms with Crippen molar-refractivity contribution in [3.63, 3.8) is 0 Å². The van der Waals surface area contributed by atoms with Crippen LogP contribution in [0.1, 0.15) is 43.5 Å². The lowest BCUT2D eigenvalue weighted by Crippen LogP contribution is -2.23. The summed E-state index contributed by atoms with van der Waals surface area (Å²) in [6.45, 7) is 9.20. The van der Waals surface area contributed by atoms with Gasteiger partial charge in [-0.05, 0) is 50.4 Å². The van der Waals surface area contributed by atoms with Crippen molar-refractivity contribution in [3.8, 4) is 0 Å². The minimum absolute atomic E-state index is 0.316. The summed E-state index contributed by atoms with van der Waals surface area (Å²) in [5, 5.41) is 4.85. The quantitative estimate of drug-likeness (QED) is 0.745. The van der Waals surface area contributed by atoms with E-state index in [0.29, 0.717) is 6.04 Å². The van der Waals surface area contributed by atoms with Crippen molar-refractivity contribution in [2.24, 2.45) is 0 Å². The Kier molecular flexibility index (Phi) is 5.31. The molecule has 0 amide bonds. The van der Waals surface area contributed by atoms with Gasteiger partial charge in [0.05, 0.1) is 11.2 Å². The van der Waals surface area contributed by atoms with Gasteiger partial charge >= 0.3 is 0 Å². The molecule has 2 rings (SSSR count). The Bertz CT molecular complexity index is 575. The molecule has 1 heterocycles. The Morgan fingerprint density at radius 1 is 1.35 bits per heavy atom. The number of aryl methyl sites for hydroxylation is 1. The Morgan fingerprint density at radius 3 is 2.90 bits per heavy atom. The smallest absolute Gasteiger partial charge is 0.0708 e. The molecule has 106 valence electrons. The highest BCUT2D eigenvalue weighted by Crippen LogP contribution is 2.23. The highest BCUT2D eigenvalue weighted by atomic mass is 14.9. The summed E-state index contributed by atoms with van der Waals surface area (Å²) in [6, 6.07) is 10.9. The first-order valence-electron chi connectivity index (χ1n) is 7.46. The second-order valence-corrected chi connectivity index (χ2v) is 5.25. The summed E-state index contributed by atoms with van der Waals surface area (Å²) >= 11 is 0. The highest BCUT2D eigenvalue weighted by Gasteiger charge is 2.13. The fourth-order valence-corrected chi connectivity index (χ4v) is 2.51. The normalized spacial score (nSPS) is 12.5. The average molecular weight is 268 g/mol. The van der Waals surface area contributed by atoms with Crippen LogP contribution in [0.2, 0.25) is 0 Å². The Labute approximate surface area is 121 Å². The number of pyridine rings is 1. The molecule has 0 aliphatic rings. The van der Waals surface area contributed by atoms with Gasteiger partial charge in [0.2, 0.25) is 0 Å². The molecule has 0 aliphatic heterocycles. The average Bonchev–Trinajstić information content (AvgIpc) is 2.47. The first kappa shape index (κ1) is 14.7. The van der Waals surface area contributed by atoms with Gasteiger partial charge in [-0.3, -0.25) is 4.98 Å². The molecule has 1 N–H and O–H groups in total. The van der Waals surface area contributed by atoms with Gasteiger partial charge in [-0.2, -0.15) is 0 Å². The molecule has 1 aromatic heterocycles. The standard InChI is InChI=1S/C18H24N2/c1-4-6-10-17(19-12-5-2)18-13-14(3)15-9-7-8-11-16(15)20-18/h4,7-9,11,13,17,19H,1,5-6,10,12H2,2-3H3. The molecule has 0 spiro atoms. The number of benzene rings is 1. The number of hydrogen-bond donors (Lipinski definition) is 1.